The molecule has 1 unspecified atom stereocenters. The van der Waals surface area contributed by atoms with E-state index in [-0.39, 0.29) is 19.4 Å². The first kappa shape index (κ1) is 16.4. The van der Waals surface area contributed by atoms with Gasteiger partial charge in [0, 0.05) is 6.54 Å². The number of carbonyl (C=O) groups is 1. The summed E-state index contributed by atoms with van der Waals surface area (Å²) in [6.45, 7) is -0.149. The molecule has 0 rings (SSSR count). The lowest BCUT2D eigenvalue weighted by atomic mass is 10.2. The van der Waals surface area contributed by atoms with Crippen molar-refractivity contribution in [2.45, 2.75) is 18.9 Å². The second kappa shape index (κ2) is 6.40. The van der Waals surface area contributed by atoms with Crippen molar-refractivity contribution in [2.24, 2.45) is 10.9 Å². The molecule has 0 aliphatic rings. The van der Waals surface area contributed by atoms with Gasteiger partial charge in [0.1, 0.15) is 6.04 Å². The molecule has 0 spiro atoms. The van der Waals surface area contributed by atoms with Crippen molar-refractivity contribution < 1.29 is 31.7 Å². The van der Waals surface area contributed by atoms with E-state index in [1.54, 1.807) is 0 Å². The highest BCUT2D eigenvalue weighted by Gasteiger charge is 2.25. The molecule has 2 atom stereocenters. The molecule has 0 amide bonds. The molecule has 0 aliphatic carbocycles. The highest BCUT2D eigenvalue weighted by atomic mass is 32.2. The maximum absolute atomic E-state index is 11.0. The molecule has 0 aromatic rings. The number of hydrogen-bond acceptors (Lipinski definition) is 6. The van der Waals surface area contributed by atoms with Gasteiger partial charge in [0.2, 0.25) is 0 Å². The molecule has 0 aliphatic heterocycles. The summed E-state index contributed by atoms with van der Waals surface area (Å²) in [6.07, 6.45) is 0.198. The average Bonchev–Trinajstić information content (AvgIpc) is 2.07. The Morgan fingerprint density at radius 3 is 2.47 bits per heavy atom. The Morgan fingerprint density at radius 1 is 1.53 bits per heavy atom. The molecule has 12 heteroatoms. The third-order valence-corrected chi connectivity index (χ3v) is 3.79. The first-order chi connectivity index (χ1) is 7.53. The van der Waals surface area contributed by atoms with Crippen molar-refractivity contribution in [1.29, 1.82) is 0 Å². The van der Waals surface area contributed by atoms with Crippen LogP contribution in [-0.2, 0) is 23.6 Å². The van der Waals surface area contributed by atoms with E-state index in [2.05, 4.69) is 9.11 Å². The van der Waals surface area contributed by atoms with Crippen LogP contribution in [0.15, 0.2) is 0 Å². The Kier molecular flexibility index (Phi) is 6.19. The molecule has 0 radical (unpaired) electrons. The van der Waals surface area contributed by atoms with Crippen molar-refractivity contribution >= 4 is 24.0 Å². The number of nitrogens with one attached hydrogen (secondary N) is 1. The van der Waals surface area contributed by atoms with Gasteiger partial charge in [-0.2, -0.15) is 12.4 Å². The van der Waals surface area contributed by atoms with E-state index < -0.39 is 30.1 Å². The molecular formula is C5H14N3O7PS. The van der Waals surface area contributed by atoms with Gasteiger partial charge in [-0.05, 0) is 12.8 Å². The molecule has 7 N–H and O–H groups in total. The summed E-state index contributed by atoms with van der Waals surface area (Å²) in [5.74, 6) is -1.20. The zero-order chi connectivity index (χ0) is 13.7. The summed E-state index contributed by atoms with van der Waals surface area (Å²) in [6, 6.07) is -1.09. The number of carboxylic acid groups (broad SMARTS) is 1. The molecule has 0 saturated carbocycles. The van der Waals surface area contributed by atoms with Crippen molar-refractivity contribution in [2.75, 3.05) is 6.54 Å². The van der Waals surface area contributed by atoms with Gasteiger partial charge < -0.3 is 15.7 Å². The van der Waals surface area contributed by atoms with E-state index >= 15 is 0 Å². The van der Waals surface area contributed by atoms with Crippen LogP contribution < -0.4 is 16.0 Å². The molecule has 0 fully saturated rings. The van der Waals surface area contributed by atoms with Gasteiger partial charge in [0.15, 0.2) is 0 Å². The van der Waals surface area contributed by atoms with Gasteiger partial charge in [-0.3, -0.25) is 4.79 Å². The lowest BCUT2D eigenvalue weighted by Crippen LogP contribution is -2.31. The SMILES string of the molecule is N[C@H](CCCNP(=O)(O)OS(N)(=O)=O)C(=O)O. The van der Waals surface area contributed by atoms with E-state index in [0.29, 0.717) is 0 Å². The van der Waals surface area contributed by atoms with Crippen LogP contribution in [0, 0.1) is 0 Å². The summed E-state index contributed by atoms with van der Waals surface area (Å²) in [7, 11) is -9.09. The van der Waals surface area contributed by atoms with Crippen LogP contribution in [0.3, 0.4) is 0 Å². The predicted octanol–water partition coefficient (Wildman–Crippen LogP) is -1.91. The molecule has 0 aromatic heterocycles. The van der Waals surface area contributed by atoms with Crippen LogP contribution in [0.5, 0.6) is 0 Å². The highest BCUT2D eigenvalue weighted by Crippen LogP contribution is 2.37. The van der Waals surface area contributed by atoms with E-state index in [1.165, 1.54) is 0 Å². The molecule has 0 saturated heterocycles. The van der Waals surface area contributed by atoms with E-state index in [9.17, 15) is 17.8 Å². The number of rotatable bonds is 8. The fourth-order valence-corrected chi connectivity index (χ4v) is 2.61. The van der Waals surface area contributed by atoms with Gasteiger partial charge in [0.25, 0.3) is 0 Å². The second-order valence-corrected chi connectivity index (χ2v) is 6.02. The minimum absolute atomic E-state index is 0.0533. The molecule has 0 heterocycles. The standard InChI is InChI=1S/C5H14N3O7PS/c6-4(5(9)10)2-1-3-8-16(11,12)15-17(7,13)14/h4H,1-3,6H2,(H,9,10)(H2,7,13,14)(H2,8,11,12)/t4-/m1/s1. The van der Waals surface area contributed by atoms with E-state index in [0.717, 1.165) is 0 Å². The fraction of sp³-hybridized carbons (Fsp3) is 0.800. The van der Waals surface area contributed by atoms with Gasteiger partial charge in [0.05, 0.1) is 0 Å². The lowest BCUT2D eigenvalue weighted by Gasteiger charge is -2.11. The summed E-state index contributed by atoms with van der Waals surface area (Å²) in [5.41, 5.74) is 5.16. The van der Waals surface area contributed by atoms with Gasteiger partial charge >= 0.3 is 24.0 Å². The number of carboxylic acids is 1. The Morgan fingerprint density at radius 2 is 2.06 bits per heavy atom. The fourth-order valence-electron chi connectivity index (χ4n) is 0.833. The summed E-state index contributed by atoms with van der Waals surface area (Å²) in [5, 5.41) is 14.7. The monoisotopic (exact) mass is 291 g/mol. The van der Waals surface area contributed by atoms with Crippen LogP contribution in [0.1, 0.15) is 12.8 Å². The van der Waals surface area contributed by atoms with Crippen molar-refractivity contribution in [3.05, 3.63) is 0 Å². The largest absolute Gasteiger partial charge is 0.480 e. The molecular weight excluding hydrogens is 277 g/mol. The van der Waals surface area contributed by atoms with Gasteiger partial charge in [-0.1, -0.05) is 0 Å². The van der Waals surface area contributed by atoms with Crippen LogP contribution in [-0.4, -0.2) is 37.0 Å². The predicted molar refractivity (Wildman–Crippen MR) is 56.9 cm³/mol. The first-order valence-corrected chi connectivity index (χ1v) is 7.38. The highest BCUT2D eigenvalue weighted by molar-refractivity contribution is 7.88. The van der Waals surface area contributed by atoms with E-state index in [1.807, 2.05) is 5.09 Å². The summed E-state index contributed by atoms with van der Waals surface area (Å²) < 4.78 is 35.4. The topological polar surface area (TPSA) is 182 Å². The van der Waals surface area contributed by atoms with Crippen molar-refractivity contribution in [3.63, 3.8) is 0 Å². The Labute approximate surface area is 97.8 Å². The molecule has 0 aromatic carbocycles. The quantitative estimate of drug-likeness (QED) is 0.251. The third kappa shape index (κ3) is 9.18. The summed E-state index contributed by atoms with van der Waals surface area (Å²) in [4.78, 5) is 19.2. The maximum atomic E-state index is 11.0. The lowest BCUT2D eigenvalue weighted by molar-refractivity contribution is -0.138. The van der Waals surface area contributed by atoms with Crippen LogP contribution >= 0.6 is 7.75 Å². The van der Waals surface area contributed by atoms with Crippen molar-refractivity contribution in [1.82, 2.24) is 5.09 Å². The normalized spacial score (nSPS) is 17.4. The van der Waals surface area contributed by atoms with Gasteiger partial charge in [-0.15, -0.1) is 0 Å². The molecule has 0 bridgehead atoms. The Bertz CT molecular complexity index is 410. The third-order valence-electron chi connectivity index (χ3n) is 1.53. The van der Waals surface area contributed by atoms with Crippen molar-refractivity contribution in [3.8, 4) is 0 Å². The smallest absolute Gasteiger partial charge is 0.418 e. The minimum Gasteiger partial charge on any atom is -0.480 e. The zero-order valence-corrected chi connectivity index (χ0v) is 10.4. The minimum atomic E-state index is -4.55. The van der Waals surface area contributed by atoms with Crippen LogP contribution in [0.4, 0.5) is 0 Å². The number of nitrogens with two attached hydrogens (primary N) is 2. The second-order valence-electron chi connectivity index (χ2n) is 3.08. The molecule has 17 heavy (non-hydrogen) atoms. The zero-order valence-electron chi connectivity index (χ0n) is 8.64. The van der Waals surface area contributed by atoms with E-state index in [4.69, 9.17) is 15.7 Å². The summed E-state index contributed by atoms with van der Waals surface area (Å²) >= 11 is 0. The molecule has 10 nitrogen and oxygen atoms in total. The Hall–Kier alpha value is -0.550. The van der Waals surface area contributed by atoms with Crippen LogP contribution in [0.25, 0.3) is 0 Å². The average molecular weight is 291 g/mol. The maximum Gasteiger partial charge on any atom is 0.418 e. The Balaban J connectivity index is 3.97. The van der Waals surface area contributed by atoms with Gasteiger partial charge in [-0.25, -0.2) is 14.8 Å². The molecule has 102 valence electrons. The first-order valence-electron chi connectivity index (χ1n) is 4.34. The number of aliphatic carboxylic acids is 1. The van der Waals surface area contributed by atoms with Crippen LogP contribution in [0.2, 0.25) is 0 Å². The number of hydrogen-bond donors (Lipinski definition) is 5.